The minimum atomic E-state index is 0.552. The van der Waals surface area contributed by atoms with Gasteiger partial charge in [0.15, 0.2) is 17.5 Å². The van der Waals surface area contributed by atoms with Crippen LogP contribution in [0.25, 0.3) is 116 Å². The summed E-state index contributed by atoms with van der Waals surface area (Å²) in [4.78, 5) is 15.4. The average molecular weight is 705 g/mol. The lowest BCUT2D eigenvalue weighted by Gasteiger charge is -2.13. The largest absolute Gasteiger partial charge is 0.456 e. The molecule has 0 radical (unpaired) electrons. The molecule has 256 valence electrons. The van der Waals surface area contributed by atoms with E-state index in [1.165, 1.54) is 21.5 Å². The van der Waals surface area contributed by atoms with E-state index in [1.54, 1.807) is 0 Å². The van der Waals surface area contributed by atoms with Crippen molar-refractivity contribution < 1.29 is 8.83 Å². The monoisotopic (exact) mass is 704 g/mol. The first-order valence-electron chi connectivity index (χ1n) is 18.3. The first-order chi connectivity index (χ1) is 27.2. The van der Waals surface area contributed by atoms with Crippen molar-refractivity contribution in [1.82, 2.24) is 19.5 Å². The van der Waals surface area contributed by atoms with Crippen molar-refractivity contribution in [2.24, 2.45) is 0 Å². The summed E-state index contributed by atoms with van der Waals surface area (Å²) in [7, 11) is 0. The highest BCUT2D eigenvalue weighted by Crippen LogP contribution is 2.42. The topological polar surface area (TPSA) is 69.9 Å². The number of para-hydroxylation sites is 3. The smallest absolute Gasteiger partial charge is 0.164 e. The van der Waals surface area contributed by atoms with Gasteiger partial charge in [-0.3, -0.25) is 0 Å². The highest BCUT2D eigenvalue weighted by Gasteiger charge is 2.22. The first kappa shape index (κ1) is 29.9. The molecule has 0 aliphatic heterocycles. The van der Waals surface area contributed by atoms with Crippen LogP contribution in [0.1, 0.15) is 0 Å². The normalized spacial score (nSPS) is 12.0. The van der Waals surface area contributed by atoms with E-state index in [2.05, 4.69) is 102 Å². The highest BCUT2D eigenvalue weighted by molar-refractivity contribution is 6.17. The van der Waals surface area contributed by atoms with Gasteiger partial charge in [0.05, 0.1) is 22.1 Å². The Balaban J connectivity index is 1.16. The molecule has 12 aromatic rings. The van der Waals surface area contributed by atoms with Crippen molar-refractivity contribution in [3.63, 3.8) is 0 Å². The van der Waals surface area contributed by atoms with Gasteiger partial charge in [-0.1, -0.05) is 109 Å². The molecule has 0 aliphatic carbocycles. The van der Waals surface area contributed by atoms with Gasteiger partial charge >= 0.3 is 0 Å². The van der Waals surface area contributed by atoms with E-state index < -0.39 is 0 Å². The van der Waals surface area contributed by atoms with Crippen LogP contribution in [0.5, 0.6) is 0 Å². The van der Waals surface area contributed by atoms with Crippen molar-refractivity contribution in [3.8, 4) is 39.9 Å². The molecule has 12 rings (SSSR count). The Bertz CT molecular complexity index is 3500. The zero-order valence-electron chi connectivity index (χ0n) is 29.3. The van der Waals surface area contributed by atoms with E-state index in [1.807, 2.05) is 72.8 Å². The molecular formula is C49H28N4O2. The molecule has 6 nitrogen and oxygen atoms in total. The lowest BCUT2D eigenvalue weighted by atomic mass is 10.0. The SMILES string of the molecule is c1ccc(-c2nc(-c3cc(-n4c5ccccc5c5cc6ccccc6cc54)c4c(c3)oc3ccccc34)nc(-c3ccc4oc5ccccc5c4c3)n2)cc1. The number of rotatable bonds is 4. The molecule has 0 amide bonds. The maximum absolute atomic E-state index is 6.66. The molecule has 0 saturated heterocycles. The maximum Gasteiger partial charge on any atom is 0.164 e. The highest BCUT2D eigenvalue weighted by atomic mass is 16.3. The van der Waals surface area contributed by atoms with Crippen molar-refractivity contribution in [1.29, 1.82) is 0 Å². The van der Waals surface area contributed by atoms with E-state index >= 15 is 0 Å². The Labute approximate surface area is 313 Å². The predicted octanol–water partition coefficient (Wildman–Crippen LogP) is 12.9. The summed E-state index contributed by atoms with van der Waals surface area (Å²) in [5, 5.41) is 8.91. The second-order valence-corrected chi connectivity index (χ2v) is 14.0. The Hall–Kier alpha value is -7.57. The molecule has 0 spiro atoms. The first-order valence-corrected chi connectivity index (χ1v) is 18.3. The number of benzene rings is 8. The number of hydrogen-bond acceptors (Lipinski definition) is 5. The summed E-state index contributed by atoms with van der Waals surface area (Å²) >= 11 is 0. The lowest BCUT2D eigenvalue weighted by molar-refractivity contribution is 0.668. The van der Waals surface area contributed by atoms with Crippen LogP contribution in [0.2, 0.25) is 0 Å². The molecule has 0 saturated carbocycles. The van der Waals surface area contributed by atoms with E-state index in [4.69, 9.17) is 23.8 Å². The fraction of sp³-hybridized carbons (Fsp3) is 0. The Kier molecular flexibility index (Phi) is 6.24. The van der Waals surface area contributed by atoms with Crippen LogP contribution in [0.3, 0.4) is 0 Å². The number of nitrogens with zero attached hydrogens (tertiary/aromatic N) is 4. The minimum Gasteiger partial charge on any atom is -0.456 e. The van der Waals surface area contributed by atoms with Crippen LogP contribution in [0, 0.1) is 0 Å². The van der Waals surface area contributed by atoms with Gasteiger partial charge in [-0.25, -0.2) is 15.0 Å². The Morgan fingerprint density at radius 1 is 0.345 bits per heavy atom. The van der Waals surface area contributed by atoms with E-state index in [9.17, 15) is 0 Å². The standard InChI is InChI=1S/C49H28N4O2/c1-2-12-29(13-3-1)47-50-48(32-22-23-44-38(25-32)35-17-7-10-20-42(35)54-44)52-49(51-47)33-27-41(46-36-18-8-11-21-43(36)55-45(46)28-33)53-39-19-9-6-16-34(39)37-24-30-14-4-5-15-31(30)26-40(37)53/h1-28H. The maximum atomic E-state index is 6.66. The Morgan fingerprint density at radius 3 is 1.76 bits per heavy atom. The van der Waals surface area contributed by atoms with Crippen molar-refractivity contribution >= 4 is 76.5 Å². The van der Waals surface area contributed by atoms with Gasteiger partial charge in [0.25, 0.3) is 0 Å². The second-order valence-electron chi connectivity index (χ2n) is 14.0. The lowest BCUT2D eigenvalue weighted by Crippen LogP contribution is -2.01. The van der Waals surface area contributed by atoms with Crippen molar-refractivity contribution in [3.05, 3.63) is 170 Å². The van der Waals surface area contributed by atoms with Crippen molar-refractivity contribution in [2.75, 3.05) is 0 Å². The number of furan rings is 2. The van der Waals surface area contributed by atoms with Gasteiger partial charge in [-0.2, -0.15) is 0 Å². The summed E-state index contributed by atoms with van der Waals surface area (Å²) in [6.07, 6.45) is 0. The third kappa shape index (κ3) is 4.58. The van der Waals surface area contributed by atoms with Crippen LogP contribution in [-0.4, -0.2) is 19.5 Å². The third-order valence-corrected chi connectivity index (χ3v) is 10.8. The molecule has 55 heavy (non-hydrogen) atoms. The fourth-order valence-electron chi connectivity index (χ4n) is 8.27. The van der Waals surface area contributed by atoms with Crippen LogP contribution >= 0.6 is 0 Å². The predicted molar refractivity (Wildman–Crippen MR) is 223 cm³/mol. The molecule has 0 fully saturated rings. The molecule has 0 bridgehead atoms. The number of fused-ring (bicyclic) bond motifs is 10. The summed E-state index contributed by atoms with van der Waals surface area (Å²) < 4.78 is 15.2. The van der Waals surface area contributed by atoms with Crippen molar-refractivity contribution in [2.45, 2.75) is 0 Å². The molecular weight excluding hydrogens is 677 g/mol. The van der Waals surface area contributed by atoms with Gasteiger partial charge < -0.3 is 13.4 Å². The zero-order valence-corrected chi connectivity index (χ0v) is 29.3. The zero-order chi connectivity index (χ0) is 36.0. The fourth-order valence-corrected chi connectivity index (χ4v) is 8.27. The van der Waals surface area contributed by atoms with Gasteiger partial charge in [-0.05, 0) is 71.4 Å². The van der Waals surface area contributed by atoms with E-state index in [0.29, 0.717) is 17.5 Å². The van der Waals surface area contributed by atoms with Crippen LogP contribution in [-0.2, 0) is 0 Å². The molecule has 8 aromatic carbocycles. The van der Waals surface area contributed by atoms with Crippen LogP contribution < -0.4 is 0 Å². The minimum absolute atomic E-state index is 0.552. The van der Waals surface area contributed by atoms with E-state index in [0.717, 1.165) is 77.3 Å². The van der Waals surface area contributed by atoms with E-state index in [-0.39, 0.29) is 0 Å². The summed E-state index contributed by atoms with van der Waals surface area (Å²) in [6, 6.07) is 58.7. The van der Waals surface area contributed by atoms with Crippen LogP contribution in [0.15, 0.2) is 179 Å². The Morgan fingerprint density at radius 2 is 0.945 bits per heavy atom. The molecule has 0 aliphatic rings. The van der Waals surface area contributed by atoms with Gasteiger partial charge in [0.1, 0.15) is 22.3 Å². The molecule has 6 heteroatoms. The molecule has 0 N–H and O–H groups in total. The average Bonchev–Trinajstić information content (AvgIpc) is 3.92. The van der Waals surface area contributed by atoms with Crippen LogP contribution in [0.4, 0.5) is 0 Å². The molecule has 0 unspecified atom stereocenters. The molecule has 4 aromatic heterocycles. The van der Waals surface area contributed by atoms with Gasteiger partial charge in [0, 0.05) is 43.6 Å². The second kappa shape index (κ2) is 11.5. The van der Waals surface area contributed by atoms with Gasteiger partial charge in [0.2, 0.25) is 0 Å². The quantitative estimate of drug-likeness (QED) is 0.182. The summed E-state index contributed by atoms with van der Waals surface area (Å²) in [5.41, 5.74) is 9.07. The molecule has 0 atom stereocenters. The number of hydrogen-bond donors (Lipinski definition) is 0. The summed E-state index contributed by atoms with van der Waals surface area (Å²) in [6.45, 7) is 0. The molecule has 4 heterocycles. The third-order valence-electron chi connectivity index (χ3n) is 10.8. The summed E-state index contributed by atoms with van der Waals surface area (Å²) in [5.74, 6) is 1.72. The van der Waals surface area contributed by atoms with Gasteiger partial charge in [-0.15, -0.1) is 0 Å². The number of aromatic nitrogens is 4.